The lowest BCUT2D eigenvalue weighted by Gasteiger charge is -2.25. The summed E-state index contributed by atoms with van der Waals surface area (Å²) >= 11 is 1.59. The maximum Gasteiger partial charge on any atom is 0.248 e. The highest BCUT2D eigenvalue weighted by Gasteiger charge is 2.34. The van der Waals surface area contributed by atoms with Crippen molar-refractivity contribution < 1.29 is 14.0 Å². The molecule has 1 aromatic rings. The normalized spacial score (nSPS) is 19.8. The third-order valence-electron chi connectivity index (χ3n) is 3.77. The molecule has 0 saturated carbocycles. The van der Waals surface area contributed by atoms with E-state index in [4.69, 9.17) is 4.42 Å². The van der Waals surface area contributed by atoms with Gasteiger partial charge in [0.2, 0.25) is 11.8 Å². The van der Waals surface area contributed by atoms with Crippen LogP contribution in [-0.2, 0) is 9.59 Å². The molecule has 2 atom stereocenters. The summed E-state index contributed by atoms with van der Waals surface area (Å²) in [5.74, 6) is 1.91. The van der Waals surface area contributed by atoms with Crippen LogP contribution in [0.1, 0.15) is 26.5 Å². The van der Waals surface area contributed by atoms with E-state index in [2.05, 4.69) is 19.2 Å². The maximum atomic E-state index is 12.3. The second-order valence-electron chi connectivity index (χ2n) is 5.71. The fourth-order valence-electron chi connectivity index (χ4n) is 2.00. The Morgan fingerprint density at radius 2 is 2.23 bits per heavy atom. The minimum atomic E-state index is -0.403. The molecule has 1 saturated heterocycles. The number of nitrogens with one attached hydrogen (secondary N) is 1. The fraction of sp³-hybridized carbons (Fsp3) is 0.500. The van der Waals surface area contributed by atoms with Gasteiger partial charge in [-0.05, 0) is 31.1 Å². The van der Waals surface area contributed by atoms with Crippen molar-refractivity contribution in [3.05, 3.63) is 30.2 Å². The molecule has 0 unspecified atom stereocenters. The molecule has 0 spiro atoms. The van der Waals surface area contributed by atoms with Crippen LogP contribution >= 0.6 is 11.8 Å². The molecule has 1 fully saturated rings. The molecule has 1 aromatic heterocycles. The molecular formula is C16H22N2O3S. The van der Waals surface area contributed by atoms with Gasteiger partial charge in [0.05, 0.1) is 12.1 Å². The lowest BCUT2D eigenvalue weighted by atomic mass is 10.1. The summed E-state index contributed by atoms with van der Waals surface area (Å²) in [6.45, 7) is 6.10. The zero-order chi connectivity index (χ0) is 16.1. The van der Waals surface area contributed by atoms with Gasteiger partial charge >= 0.3 is 0 Å². The van der Waals surface area contributed by atoms with Crippen molar-refractivity contribution in [1.29, 1.82) is 0 Å². The summed E-state index contributed by atoms with van der Waals surface area (Å²) in [7, 11) is 0. The number of thioether (sulfide) groups is 1. The van der Waals surface area contributed by atoms with E-state index in [1.165, 1.54) is 6.08 Å². The number of rotatable bonds is 5. The van der Waals surface area contributed by atoms with Crippen LogP contribution in [-0.4, -0.2) is 40.4 Å². The van der Waals surface area contributed by atoms with Gasteiger partial charge in [0.1, 0.15) is 11.8 Å². The Balaban J connectivity index is 1.97. The molecule has 1 N–H and O–H groups in total. The first-order valence-electron chi connectivity index (χ1n) is 7.39. The molecule has 0 aromatic carbocycles. The van der Waals surface area contributed by atoms with Crippen LogP contribution in [0.25, 0.3) is 6.08 Å². The molecule has 0 aliphatic carbocycles. The molecule has 5 nitrogen and oxygen atoms in total. The monoisotopic (exact) mass is 322 g/mol. The van der Waals surface area contributed by atoms with Gasteiger partial charge < -0.3 is 14.6 Å². The van der Waals surface area contributed by atoms with E-state index in [-0.39, 0.29) is 17.9 Å². The van der Waals surface area contributed by atoms with Crippen molar-refractivity contribution in [2.45, 2.75) is 32.9 Å². The van der Waals surface area contributed by atoms with E-state index in [9.17, 15) is 9.59 Å². The lowest BCUT2D eigenvalue weighted by molar-refractivity contribution is -0.135. The van der Waals surface area contributed by atoms with E-state index >= 15 is 0 Å². The number of hydrogen-bond donors (Lipinski definition) is 1. The Labute approximate surface area is 135 Å². The van der Waals surface area contributed by atoms with Crippen LogP contribution < -0.4 is 5.32 Å². The lowest BCUT2D eigenvalue weighted by Crippen LogP contribution is -2.50. The van der Waals surface area contributed by atoms with Gasteiger partial charge in [-0.3, -0.25) is 9.59 Å². The molecule has 6 heteroatoms. The third-order valence-corrected chi connectivity index (χ3v) is 4.78. The maximum absolute atomic E-state index is 12.3. The standard InChI is InChI=1S/C16H22N2O3S/c1-11(2)12(3)17-16(20)14-9-22-10-18(14)15(19)7-6-13-5-4-8-21-13/h4-8,11-12,14H,9-10H2,1-3H3,(H,17,20)/b7-6+/t12-,14-/m0/s1. The first-order chi connectivity index (χ1) is 10.5. The summed E-state index contributed by atoms with van der Waals surface area (Å²) in [6.07, 6.45) is 4.63. The zero-order valence-corrected chi connectivity index (χ0v) is 13.9. The minimum Gasteiger partial charge on any atom is -0.465 e. The smallest absolute Gasteiger partial charge is 0.248 e. The molecule has 1 aliphatic rings. The second kappa shape index (κ2) is 7.54. The van der Waals surface area contributed by atoms with Gasteiger partial charge in [0.25, 0.3) is 0 Å². The van der Waals surface area contributed by atoms with Crippen molar-refractivity contribution in [2.24, 2.45) is 5.92 Å². The van der Waals surface area contributed by atoms with Gasteiger partial charge in [0.15, 0.2) is 0 Å². The van der Waals surface area contributed by atoms with Gasteiger partial charge in [-0.2, -0.15) is 0 Å². The van der Waals surface area contributed by atoms with Crippen molar-refractivity contribution in [3.63, 3.8) is 0 Å². The Morgan fingerprint density at radius 3 is 2.86 bits per heavy atom. The Bertz CT molecular complexity index is 540. The predicted molar refractivity (Wildman–Crippen MR) is 88.1 cm³/mol. The van der Waals surface area contributed by atoms with Gasteiger partial charge in [0, 0.05) is 17.9 Å². The van der Waals surface area contributed by atoms with E-state index in [1.807, 2.05) is 6.92 Å². The molecule has 0 bridgehead atoms. The Kier molecular flexibility index (Phi) is 5.71. The van der Waals surface area contributed by atoms with Crippen molar-refractivity contribution in [1.82, 2.24) is 10.2 Å². The van der Waals surface area contributed by atoms with Crippen LogP contribution in [0.2, 0.25) is 0 Å². The Morgan fingerprint density at radius 1 is 1.45 bits per heavy atom. The molecule has 2 amide bonds. The number of furan rings is 1. The zero-order valence-electron chi connectivity index (χ0n) is 13.1. The largest absolute Gasteiger partial charge is 0.465 e. The number of hydrogen-bond acceptors (Lipinski definition) is 4. The summed E-state index contributed by atoms with van der Waals surface area (Å²) in [5.41, 5.74) is 0. The topological polar surface area (TPSA) is 62.6 Å². The van der Waals surface area contributed by atoms with Crippen molar-refractivity contribution in [3.8, 4) is 0 Å². The summed E-state index contributed by atoms with van der Waals surface area (Å²) < 4.78 is 5.16. The highest BCUT2D eigenvalue weighted by atomic mass is 32.2. The molecule has 120 valence electrons. The van der Waals surface area contributed by atoms with E-state index < -0.39 is 6.04 Å². The summed E-state index contributed by atoms with van der Waals surface area (Å²) in [4.78, 5) is 26.2. The molecule has 1 aliphatic heterocycles. The fourth-order valence-corrected chi connectivity index (χ4v) is 3.16. The number of carbonyl (C=O) groups is 2. The van der Waals surface area contributed by atoms with Crippen molar-refractivity contribution >= 4 is 29.7 Å². The second-order valence-corrected chi connectivity index (χ2v) is 6.71. The molecule has 2 heterocycles. The van der Waals surface area contributed by atoms with Crippen LogP contribution in [0, 0.1) is 5.92 Å². The van der Waals surface area contributed by atoms with Crippen LogP contribution in [0.4, 0.5) is 0 Å². The minimum absolute atomic E-state index is 0.0778. The average Bonchev–Trinajstić information content (AvgIpc) is 3.15. The molecule has 2 rings (SSSR count). The van der Waals surface area contributed by atoms with Gasteiger partial charge in [-0.1, -0.05) is 13.8 Å². The summed E-state index contributed by atoms with van der Waals surface area (Å²) in [5, 5.41) is 2.99. The van der Waals surface area contributed by atoms with E-state index in [0.717, 1.165) is 0 Å². The molecular weight excluding hydrogens is 300 g/mol. The summed E-state index contributed by atoms with van der Waals surface area (Å²) in [6, 6.07) is 3.23. The van der Waals surface area contributed by atoms with E-state index in [0.29, 0.717) is 23.3 Å². The van der Waals surface area contributed by atoms with Crippen LogP contribution in [0.3, 0.4) is 0 Å². The Hall–Kier alpha value is -1.69. The third kappa shape index (κ3) is 4.16. The number of amides is 2. The van der Waals surface area contributed by atoms with Crippen molar-refractivity contribution in [2.75, 3.05) is 11.6 Å². The highest BCUT2D eigenvalue weighted by molar-refractivity contribution is 7.99. The highest BCUT2D eigenvalue weighted by Crippen LogP contribution is 2.22. The number of nitrogens with zero attached hydrogens (tertiary/aromatic N) is 1. The van der Waals surface area contributed by atoms with Crippen LogP contribution in [0.5, 0.6) is 0 Å². The molecule has 0 radical (unpaired) electrons. The van der Waals surface area contributed by atoms with Crippen LogP contribution in [0.15, 0.2) is 28.9 Å². The average molecular weight is 322 g/mol. The predicted octanol–water partition coefficient (Wildman–Crippen LogP) is 2.36. The first kappa shape index (κ1) is 16.7. The van der Waals surface area contributed by atoms with Gasteiger partial charge in [-0.15, -0.1) is 11.8 Å². The first-order valence-corrected chi connectivity index (χ1v) is 8.55. The SMILES string of the molecule is CC(C)[C@H](C)NC(=O)[C@@H]1CSCN1C(=O)/C=C/c1ccco1. The van der Waals surface area contributed by atoms with Gasteiger partial charge in [-0.25, -0.2) is 0 Å². The molecule has 22 heavy (non-hydrogen) atoms. The van der Waals surface area contributed by atoms with E-state index in [1.54, 1.807) is 41.1 Å². The number of carbonyl (C=O) groups excluding carboxylic acids is 2. The quantitative estimate of drug-likeness (QED) is 0.845.